The number of carbonyl (C=O) groups excluding carboxylic acids is 7. The summed E-state index contributed by atoms with van der Waals surface area (Å²) in [6, 6.07) is -4.78. The van der Waals surface area contributed by atoms with Crippen molar-refractivity contribution in [2.75, 3.05) is 18.8 Å². The van der Waals surface area contributed by atoms with Crippen molar-refractivity contribution in [2.45, 2.75) is 148 Å². The molecule has 0 aromatic carbocycles. The molecule has 3 fully saturated rings. The Morgan fingerprint density at radius 3 is 2.16 bits per heavy atom. The lowest BCUT2D eigenvalue weighted by Crippen LogP contribution is -2.60. The molecule has 0 aromatic heterocycles. The van der Waals surface area contributed by atoms with Crippen LogP contribution in [0.1, 0.15) is 112 Å². The lowest BCUT2D eigenvalue weighted by Gasteiger charge is -2.30. The second-order valence-corrected chi connectivity index (χ2v) is 16.1. The second kappa shape index (κ2) is 20.0. The molecular formula is C36H60N6O7S. The number of fused-ring (bicyclic) bond motifs is 4. The van der Waals surface area contributed by atoms with Crippen molar-refractivity contribution in [3.63, 3.8) is 0 Å². The zero-order chi connectivity index (χ0) is 37.0. The Morgan fingerprint density at radius 2 is 1.50 bits per heavy atom. The highest BCUT2D eigenvalue weighted by Crippen LogP contribution is 2.27. The van der Waals surface area contributed by atoms with Crippen molar-refractivity contribution in [2.24, 2.45) is 17.8 Å². The van der Waals surface area contributed by atoms with E-state index in [1.807, 2.05) is 13.8 Å². The number of amides is 6. The Balaban J connectivity index is 1.94. The maximum atomic E-state index is 14.1. The van der Waals surface area contributed by atoms with Gasteiger partial charge in [0, 0.05) is 30.5 Å². The molecule has 50 heavy (non-hydrogen) atoms. The lowest BCUT2D eigenvalue weighted by atomic mass is 9.93. The molecule has 3 aliphatic rings. The first kappa shape index (κ1) is 41.3. The van der Waals surface area contributed by atoms with Crippen LogP contribution in [0.3, 0.4) is 0 Å². The van der Waals surface area contributed by atoms with Crippen LogP contribution in [0.4, 0.5) is 0 Å². The first-order valence-corrected chi connectivity index (χ1v) is 19.7. The van der Waals surface area contributed by atoms with Crippen molar-refractivity contribution in [3.8, 4) is 0 Å². The molecule has 3 rings (SSSR count). The summed E-state index contributed by atoms with van der Waals surface area (Å²) in [5.41, 5.74) is 0. The third-order valence-electron chi connectivity index (χ3n) is 9.77. The molecule has 3 unspecified atom stereocenters. The van der Waals surface area contributed by atoms with E-state index in [1.165, 1.54) is 23.1 Å². The van der Waals surface area contributed by atoms with Gasteiger partial charge in [0.1, 0.15) is 41.9 Å². The normalized spacial score (nSPS) is 28.9. The average molecular weight is 721 g/mol. The molecular weight excluding hydrogens is 660 g/mol. The van der Waals surface area contributed by atoms with Crippen molar-refractivity contribution in [1.82, 2.24) is 31.5 Å². The van der Waals surface area contributed by atoms with E-state index in [0.717, 1.165) is 32.1 Å². The van der Waals surface area contributed by atoms with E-state index in [0.29, 0.717) is 25.8 Å². The van der Waals surface area contributed by atoms with Gasteiger partial charge in [0.05, 0.1) is 0 Å². The maximum Gasteiger partial charge on any atom is 0.245 e. The fraction of sp³-hybridized carbons (Fsp3) is 0.806. The molecule has 0 saturated carbocycles. The van der Waals surface area contributed by atoms with Gasteiger partial charge in [0.2, 0.25) is 35.4 Å². The number of unbranched alkanes of at least 4 members (excludes halogenated alkanes) is 6. The van der Waals surface area contributed by atoms with Crippen LogP contribution >= 0.6 is 11.8 Å². The number of hydrogen-bond acceptors (Lipinski definition) is 8. The van der Waals surface area contributed by atoms with E-state index < -0.39 is 76.8 Å². The Bertz CT molecular complexity index is 1230. The molecule has 5 N–H and O–H groups in total. The molecule has 3 saturated heterocycles. The quantitative estimate of drug-likeness (QED) is 0.150. The summed E-state index contributed by atoms with van der Waals surface area (Å²) in [5.74, 6) is -4.70. The van der Waals surface area contributed by atoms with Crippen molar-refractivity contribution in [3.05, 3.63) is 0 Å². The smallest absolute Gasteiger partial charge is 0.245 e. The fourth-order valence-corrected chi connectivity index (χ4v) is 8.22. The minimum absolute atomic E-state index is 0.00278. The monoisotopic (exact) mass is 720 g/mol. The van der Waals surface area contributed by atoms with E-state index in [4.69, 9.17) is 0 Å². The minimum Gasteiger partial charge on any atom is -0.353 e. The zero-order valence-electron chi connectivity index (χ0n) is 30.8. The molecule has 3 aliphatic heterocycles. The highest BCUT2D eigenvalue weighted by atomic mass is 32.2. The van der Waals surface area contributed by atoms with Gasteiger partial charge in [-0.25, -0.2) is 0 Å². The molecule has 0 aromatic rings. The highest BCUT2D eigenvalue weighted by Gasteiger charge is 2.42. The summed E-state index contributed by atoms with van der Waals surface area (Å²) in [6.45, 7) is 11.4. The van der Waals surface area contributed by atoms with Gasteiger partial charge >= 0.3 is 0 Å². The topological polar surface area (TPSA) is 183 Å². The summed E-state index contributed by atoms with van der Waals surface area (Å²) in [4.78, 5) is 97.0. The number of ketones is 1. The van der Waals surface area contributed by atoms with Crippen LogP contribution in [-0.2, 0) is 33.6 Å². The molecule has 13 nitrogen and oxygen atoms in total. The molecule has 3 heterocycles. The van der Waals surface area contributed by atoms with Crippen LogP contribution in [0.2, 0.25) is 0 Å². The van der Waals surface area contributed by atoms with Crippen LogP contribution in [0.15, 0.2) is 0 Å². The Morgan fingerprint density at radius 1 is 0.820 bits per heavy atom. The molecule has 7 atom stereocenters. The third-order valence-corrected chi connectivity index (χ3v) is 11.2. The number of hydrogen-bond donors (Lipinski definition) is 5. The fourth-order valence-electron chi connectivity index (χ4n) is 6.87. The number of rotatable bonds is 12. The molecule has 0 spiro atoms. The minimum atomic E-state index is -1.15. The van der Waals surface area contributed by atoms with E-state index >= 15 is 0 Å². The number of Topliss-reactive ketones (excluding diaryl/α,β-unsaturated/α-hetero) is 1. The van der Waals surface area contributed by atoms with Gasteiger partial charge < -0.3 is 31.5 Å². The lowest BCUT2D eigenvalue weighted by molar-refractivity contribution is -0.142. The van der Waals surface area contributed by atoms with Crippen molar-refractivity contribution in [1.29, 1.82) is 0 Å². The van der Waals surface area contributed by atoms with E-state index in [2.05, 4.69) is 33.5 Å². The SMILES string of the molecule is CCCCCCCCCC(=O)C1C(=O)N[C@@H](CC(C)C)C(=O)N[C@H](C)C(=O)N2CCC[C@H]2C(=O)N[C@@H](C(C)C)C(=O)NC2CSC1CNC2=O. The zero-order valence-corrected chi connectivity index (χ0v) is 31.6. The van der Waals surface area contributed by atoms with Gasteiger partial charge in [-0.05, 0) is 44.4 Å². The largest absolute Gasteiger partial charge is 0.353 e. The molecule has 2 bridgehead atoms. The van der Waals surface area contributed by atoms with Crippen LogP contribution in [0, 0.1) is 17.8 Å². The Hall–Kier alpha value is -3.16. The van der Waals surface area contributed by atoms with Gasteiger partial charge in [-0.15, -0.1) is 0 Å². The third kappa shape index (κ3) is 11.7. The van der Waals surface area contributed by atoms with E-state index in [1.54, 1.807) is 20.8 Å². The van der Waals surface area contributed by atoms with Crippen LogP contribution < -0.4 is 26.6 Å². The number of nitrogens with one attached hydrogen (secondary N) is 5. The van der Waals surface area contributed by atoms with E-state index in [-0.39, 0.29) is 42.8 Å². The van der Waals surface area contributed by atoms with E-state index in [9.17, 15) is 33.6 Å². The summed E-state index contributed by atoms with van der Waals surface area (Å²) in [6.07, 6.45) is 8.50. The number of nitrogens with zero attached hydrogens (tertiary/aromatic N) is 1. The van der Waals surface area contributed by atoms with Crippen LogP contribution in [-0.4, -0.2) is 100 Å². The molecule has 6 amide bonds. The number of carbonyl (C=O) groups is 7. The second-order valence-electron chi connectivity index (χ2n) is 14.8. The van der Waals surface area contributed by atoms with Crippen molar-refractivity contribution >= 4 is 53.0 Å². The van der Waals surface area contributed by atoms with Gasteiger partial charge in [-0.1, -0.05) is 73.1 Å². The van der Waals surface area contributed by atoms with Gasteiger partial charge in [-0.2, -0.15) is 11.8 Å². The summed E-state index contributed by atoms with van der Waals surface area (Å²) >= 11 is 1.26. The number of thioether (sulfide) groups is 1. The predicted molar refractivity (Wildman–Crippen MR) is 193 cm³/mol. The summed E-state index contributed by atoms with van der Waals surface area (Å²) < 4.78 is 0. The Kier molecular flexibility index (Phi) is 16.5. The molecule has 0 radical (unpaired) electrons. The standard InChI is InChI=1S/C36H60N6O7S/c1-7-8-9-10-11-12-13-16-27(43)29-28-19-37-31(44)25(20-50-28)40-35(48)30(22(4)5)41-33(46)26-15-14-17-42(26)36(49)23(6)38-32(45)24(18-21(2)3)39-34(29)47/h21-26,28-30H,7-20H2,1-6H3,(H,37,44)(H,38,45)(H,39,47)(H,40,48)(H,41,46)/t23-,24+,25?,26+,28?,29?,30+/m1/s1. The Labute approximate surface area is 301 Å². The molecule has 14 heteroatoms. The predicted octanol–water partition coefficient (Wildman–Crippen LogP) is 2.21. The molecule has 282 valence electrons. The van der Waals surface area contributed by atoms with Crippen LogP contribution in [0.5, 0.6) is 0 Å². The first-order chi connectivity index (χ1) is 23.7. The van der Waals surface area contributed by atoms with Gasteiger partial charge in [0.25, 0.3) is 0 Å². The van der Waals surface area contributed by atoms with Gasteiger partial charge in [-0.3, -0.25) is 33.6 Å². The van der Waals surface area contributed by atoms with Gasteiger partial charge in [0.15, 0.2) is 0 Å². The molecule has 0 aliphatic carbocycles. The average Bonchev–Trinajstić information content (AvgIpc) is 3.48. The summed E-state index contributed by atoms with van der Waals surface area (Å²) in [5, 5.41) is 13.4. The summed E-state index contributed by atoms with van der Waals surface area (Å²) in [7, 11) is 0. The van der Waals surface area contributed by atoms with Crippen molar-refractivity contribution < 1.29 is 33.6 Å². The highest BCUT2D eigenvalue weighted by molar-refractivity contribution is 8.00. The maximum absolute atomic E-state index is 14.1. The van der Waals surface area contributed by atoms with Crippen LogP contribution in [0.25, 0.3) is 0 Å². The first-order valence-electron chi connectivity index (χ1n) is 18.7.